The minimum absolute atomic E-state index is 0.871. The smallest absolute Gasteiger partial charge is 0.140 e. The molecule has 0 saturated heterocycles. The highest BCUT2D eigenvalue weighted by atomic mass is 79.9. The van der Waals surface area contributed by atoms with E-state index >= 15 is 0 Å². The van der Waals surface area contributed by atoms with Gasteiger partial charge in [-0.25, -0.2) is 0 Å². The highest BCUT2D eigenvalue weighted by molar-refractivity contribution is 9.11. The van der Waals surface area contributed by atoms with Crippen LogP contribution in [-0.4, -0.2) is 20.7 Å². The first-order valence-electron chi connectivity index (χ1n) is 5.49. The van der Waals surface area contributed by atoms with Gasteiger partial charge in [0, 0.05) is 16.6 Å². The summed E-state index contributed by atoms with van der Waals surface area (Å²) in [5.74, 6) is 0.871. The molecule has 1 aromatic rings. The number of hydrogen-bond donors (Lipinski definition) is 1. The lowest BCUT2D eigenvalue weighted by Crippen LogP contribution is -2.09. The Morgan fingerprint density at radius 2 is 2.12 bits per heavy atom. The minimum atomic E-state index is 0.871. The fourth-order valence-electron chi connectivity index (χ4n) is 1.63. The van der Waals surface area contributed by atoms with Crippen LogP contribution in [0.5, 0.6) is 5.75 Å². The quantitative estimate of drug-likeness (QED) is 0.846. The van der Waals surface area contributed by atoms with Crippen molar-refractivity contribution in [2.45, 2.75) is 13.3 Å². The Bertz CT molecular complexity index is 416. The summed E-state index contributed by atoms with van der Waals surface area (Å²) in [4.78, 5) is 0. The standard InChI is InChI=1S/C13H17Br2NO/c1-4-9(8-16-2)5-10-6-11(14)7-12(15)13(10)17-3/h5-7,16H,4,8H2,1-3H3. The molecule has 0 radical (unpaired) electrons. The van der Waals surface area contributed by atoms with Crippen molar-refractivity contribution in [2.24, 2.45) is 0 Å². The van der Waals surface area contributed by atoms with Crippen molar-refractivity contribution in [1.82, 2.24) is 5.32 Å². The number of rotatable bonds is 5. The lowest BCUT2D eigenvalue weighted by Gasteiger charge is -2.10. The molecule has 4 heteroatoms. The maximum absolute atomic E-state index is 5.42. The van der Waals surface area contributed by atoms with Gasteiger partial charge >= 0.3 is 0 Å². The Balaban J connectivity index is 3.19. The summed E-state index contributed by atoms with van der Waals surface area (Å²) in [7, 11) is 3.65. The van der Waals surface area contributed by atoms with Gasteiger partial charge in [-0.15, -0.1) is 0 Å². The fraction of sp³-hybridized carbons (Fsp3) is 0.385. The summed E-state index contributed by atoms with van der Waals surface area (Å²) in [5, 5.41) is 3.17. The van der Waals surface area contributed by atoms with E-state index in [1.807, 2.05) is 13.1 Å². The SMILES string of the molecule is CCC(=Cc1cc(Br)cc(Br)c1OC)CNC. The van der Waals surface area contributed by atoms with E-state index in [2.05, 4.69) is 56.2 Å². The molecule has 0 bridgehead atoms. The zero-order valence-corrected chi connectivity index (χ0v) is 13.5. The molecule has 0 aliphatic rings. The van der Waals surface area contributed by atoms with Crippen molar-refractivity contribution in [3.8, 4) is 5.75 Å². The second kappa shape index (κ2) is 7.19. The van der Waals surface area contributed by atoms with Crippen LogP contribution in [-0.2, 0) is 0 Å². The van der Waals surface area contributed by atoms with Gasteiger partial charge < -0.3 is 10.1 Å². The third-order valence-electron chi connectivity index (χ3n) is 2.46. The van der Waals surface area contributed by atoms with Crippen molar-refractivity contribution >= 4 is 37.9 Å². The molecule has 2 nitrogen and oxygen atoms in total. The second-order valence-corrected chi connectivity index (χ2v) is 5.47. The first-order chi connectivity index (χ1) is 8.12. The molecule has 0 spiro atoms. The maximum atomic E-state index is 5.42. The largest absolute Gasteiger partial charge is 0.495 e. The van der Waals surface area contributed by atoms with Gasteiger partial charge in [0.15, 0.2) is 0 Å². The number of benzene rings is 1. The summed E-state index contributed by atoms with van der Waals surface area (Å²) in [6.45, 7) is 3.05. The van der Waals surface area contributed by atoms with Gasteiger partial charge in [-0.2, -0.15) is 0 Å². The lowest BCUT2D eigenvalue weighted by molar-refractivity contribution is 0.411. The van der Waals surface area contributed by atoms with Crippen LogP contribution in [0.15, 0.2) is 26.7 Å². The Morgan fingerprint density at radius 1 is 1.41 bits per heavy atom. The van der Waals surface area contributed by atoms with E-state index in [-0.39, 0.29) is 0 Å². The summed E-state index contributed by atoms with van der Waals surface area (Å²) in [6.07, 6.45) is 3.19. The van der Waals surface area contributed by atoms with Gasteiger partial charge in [0.05, 0.1) is 11.6 Å². The Hall–Kier alpha value is -0.320. The molecule has 1 N–H and O–H groups in total. The summed E-state index contributed by atoms with van der Waals surface area (Å²) < 4.78 is 7.42. The van der Waals surface area contributed by atoms with Crippen LogP contribution in [0.2, 0.25) is 0 Å². The van der Waals surface area contributed by atoms with Crippen molar-refractivity contribution in [2.75, 3.05) is 20.7 Å². The zero-order chi connectivity index (χ0) is 12.8. The van der Waals surface area contributed by atoms with Crippen molar-refractivity contribution in [3.05, 3.63) is 32.2 Å². The van der Waals surface area contributed by atoms with Crippen LogP contribution in [0.25, 0.3) is 6.08 Å². The first kappa shape index (κ1) is 14.7. The third-order valence-corrected chi connectivity index (χ3v) is 3.51. The normalized spacial score (nSPS) is 11.7. The molecule has 1 rings (SSSR count). The van der Waals surface area contributed by atoms with Gasteiger partial charge in [-0.1, -0.05) is 34.5 Å². The third kappa shape index (κ3) is 4.12. The topological polar surface area (TPSA) is 21.3 Å². The van der Waals surface area contributed by atoms with Gasteiger partial charge in [0.1, 0.15) is 5.75 Å². The number of ether oxygens (including phenoxy) is 1. The van der Waals surface area contributed by atoms with Crippen LogP contribution in [0.1, 0.15) is 18.9 Å². The van der Waals surface area contributed by atoms with Gasteiger partial charge in [0.25, 0.3) is 0 Å². The van der Waals surface area contributed by atoms with Crippen LogP contribution in [0.3, 0.4) is 0 Å². The molecule has 0 aliphatic heterocycles. The predicted molar refractivity (Wildman–Crippen MR) is 80.6 cm³/mol. The monoisotopic (exact) mass is 361 g/mol. The van der Waals surface area contributed by atoms with E-state index < -0.39 is 0 Å². The van der Waals surface area contributed by atoms with Crippen LogP contribution in [0, 0.1) is 0 Å². The highest BCUT2D eigenvalue weighted by Gasteiger charge is 2.08. The molecule has 1 aromatic carbocycles. The number of nitrogens with one attached hydrogen (secondary N) is 1. The van der Waals surface area contributed by atoms with Gasteiger partial charge in [0.2, 0.25) is 0 Å². The Morgan fingerprint density at radius 3 is 2.65 bits per heavy atom. The van der Waals surface area contributed by atoms with Gasteiger partial charge in [-0.05, 0) is 41.5 Å². The highest BCUT2D eigenvalue weighted by Crippen LogP contribution is 2.34. The number of likely N-dealkylation sites (N-methyl/N-ethyl adjacent to an activating group) is 1. The lowest BCUT2D eigenvalue weighted by atomic mass is 10.1. The number of halogens is 2. The summed E-state index contributed by atoms with van der Waals surface area (Å²) >= 11 is 7.01. The van der Waals surface area contributed by atoms with Crippen molar-refractivity contribution < 1.29 is 4.74 Å². The molecule has 0 aromatic heterocycles. The molecular formula is C13H17Br2NO. The van der Waals surface area contributed by atoms with Crippen molar-refractivity contribution in [1.29, 1.82) is 0 Å². The average molecular weight is 363 g/mol. The van der Waals surface area contributed by atoms with E-state index in [4.69, 9.17) is 4.74 Å². The van der Waals surface area contributed by atoms with Gasteiger partial charge in [-0.3, -0.25) is 0 Å². The van der Waals surface area contributed by atoms with Crippen molar-refractivity contribution in [3.63, 3.8) is 0 Å². The summed E-state index contributed by atoms with van der Waals surface area (Å²) in [6, 6.07) is 4.05. The molecular weight excluding hydrogens is 346 g/mol. The van der Waals surface area contributed by atoms with Crippen LogP contribution in [0.4, 0.5) is 0 Å². The average Bonchev–Trinajstić information content (AvgIpc) is 2.28. The molecule has 17 heavy (non-hydrogen) atoms. The van der Waals surface area contributed by atoms with E-state index in [1.54, 1.807) is 7.11 Å². The zero-order valence-electron chi connectivity index (χ0n) is 10.3. The maximum Gasteiger partial charge on any atom is 0.140 e. The molecule has 0 atom stereocenters. The van der Waals surface area contributed by atoms with Crippen LogP contribution < -0.4 is 10.1 Å². The fourth-order valence-corrected chi connectivity index (χ4v) is 3.05. The summed E-state index contributed by atoms with van der Waals surface area (Å²) in [5.41, 5.74) is 2.43. The number of methoxy groups -OCH3 is 1. The molecule has 0 saturated carbocycles. The second-order valence-electron chi connectivity index (χ2n) is 3.70. The molecule has 0 amide bonds. The molecule has 0 heterocycles. The van der Waals surface area contributed by atoms with E-state index in [1.165, 1.54) is 5.57 Å². The first-order valence-corrected chi connectivity index (χ1v) is 7.08. The Kier molecular flexibility index (Phi) is 6.23. The molecule has 94 valence electrons. The number of hydrogen-bond acceptors (Lipinski definition) is 2. The van der Waals surface area contributed by atoms with E-state index in [0.29, 0.717) is 0 Å². The minimum Gasteiger partial charge on any atom is -0.495 e. The van der Waals surface area contributed by atoms with E-state index in [9.17, 15) is 0 Å². The predicted octanol–water partition coefficient (Wildman–Crippen LogP) is 4.23. The van der Waals surface area contributed by atoms with E-state index in [0.717, 1.165) is 33.2 Å². The Labute approximate surface area is 120 Å². The molecule has 0 fully saturated rings. The molecule has 0 unspecified atom stereocenters. The van der Waals surface area contributed by atoms with Crippen LogP contribution >= 0.6 is 31.9 Å². The molecule has 0 aliphatic carbocycles.